The zero-order valence-corrected chi connectivity index (χ0v) is 14.5. The van der Waals surface area contributed by atoms with Gasteiger partial charge >= 0.3 is 0 Å². The van der Waals surface area contributed by atoms with Crippen LogP contribution in [0.25, 0.3) is 11.0 Å². The molecule has 0 atom stereocenters. The molecule has 0 spiro atoms. The second-order valence-electron chi connectivity index (χ2n) is 5.81. The van der Waals surface area contributed by atoms with Crippen molar-refractivity contribution in [2.75, 3.05) is 4.72 Å². The van der Waals surface area contributed by atoms with E-state index in [0.717, 1.165) is 11.1 Å². The standard InChI is InChI=1S/C19H15N3O3S/c23-26(24,18-12-6-11-17-19(18)21-25-20-17)22-16-10-5-4-9-15(16)13-14-7-2-1-3-8-14/h1-12,22H,13H2. The number of hydrogen-bond donors (Lipinski definition) is 1. The lowest BCUT2D eigenvalue weighted by molar-refractivity contribution is 0.315. The number of aromatic nitrogens is 2. The van der Waals surface area contributed by atoms with Gasteiger partial charge in [-0.1, -0.05) is 54.6 Å². The second-order valence-corrected chi connectivity index (χ2v) is 7.46. The van der Waals surface area contributed by atoms with Gasteiger partial charge in [-0.15, -0.1) is 0 Å². The lowest BCUT2D eigenvalue weighted by atomic mass is 10.0. The Morgan fingerprint density at radius 3 is 2.46 bits per heavy atom. The van der Waals surface area contributed by atoms with Crippen molar-refractivity contribution in [1.82, 2.24) is 10.3 Å². The topological polar surface area (TPSA) is 85.1 Å². The quantitative estimate of drug-likeness (QED) is 0.584. The van der Waals surface area contributed by atoms with Crippen LogP contribution in [0.3, 0.4) is 0 Å². The molecule has 1 heterocycles. The van der Waals surface area contributed by atoms with Crippen LogP contribution in [0.4, 0.5) is 5.69 Å². The lowest BCUT2D eigenvalue weighted by Crippen LogP contribution is -2.14. The van der Waals surface area contributed by atoms with Gasteiger partial charge < -0.3 is 0 Å². The predicted octanol–water partition coefficient (Wildman–Crippen LogP) is 3.61. The largest absolute Gasteiger partial charge is 0.279 e. The van der Waals surface area contributed by atoms with E-state index in [1.807, 2.05) is 42.5 Å². The molecule has 6 nitrogen and oxygen atoms in total. The van der Waals surface area contributed by atoms with E-state index in [1.165, 1.54) is 6.07 Å². The molecule has 0 fully saturated rings. The summed E-state index contributed by atoms with van der Waals surface area (Å²) in [4.78, 5) is 0.0331. The molecule has 0 saturated heterocycles. The molecule has 1 N–H and O–H groups in total. The van der Waals surface area contributed by atoms with E-state index < -0.39 is 10.0 Å². The van der Waals surface area contributed by atoms with Crippen molar-refractivity contribution in [3.05, 3.63) is 83.9 Å². The molecule has 0 aliphatic carbocycles. The zero-order valence-electron chi connectivity index (χ0n) is 13.7. The fourth-order valence-corrected chi connectivity index (χ4v) is 4.04. The number of sulfonamides is 1. The van der Waals surface area contributed by atoms with E-state index in [9.17, 15) is 8.42 Å². The molecular formula is C19H15N3O3S. The van der Waals surface area contributed by atoms with Crippen molar-refractivity contribution in [3.8, 4) is 0 Å². The van der Waals surface area contributed by atoms with Crippen LogP contribution in [0.15, 0.2) is 82.3 Å². The van der Waals surface area contributed by atoms with E-state index in [-0.39, 0.29) is 10.4 Å². The first-order chi connectivity index (χ1) is 12.6. The fraction of sp³-hybridized carbons (Fsp3) is 0.0526. The lowest BCUT2D eigenvalue weighted by Gasteiger charge is -2.13. The third-order valence-electron chi connectivity index (χ3n) is 4.04. The van der Waals surface area contributed by atoms with Crippen LogP contribution in [0.1, 0.15) is 11.1 Å². The molecule has 1 aromatic heterocycles. The summed E-state index contributed by atoms with van der Waals surface area (Å²) in [5.74, 6) is 0. The van der Waals surface area contributed by atoms with Crippen molar-refractivity contribution in [1.29, 1.82) is 0 Å². The molecule has 4 rings (SSSR count). The van der Waals surface area contributed by atoms with Gasteiger partial charge in [0.25, 0.3) is 10.0 Å². The van der Waals surface area contributed by atoms with Crippen LogP contribution in [0.2, 0.25) is 0 Å². The first-order valence-electron chi connectivity index (χ1n) is 7.99. The molecule has 4 aromatic rings. The molecule has 3 aromatic carbocycles. The van der Waals surface area contributed by atoms with Gasteiger partial charge in [0.05, 0.1) is 5.69 Å². The van der Waals surface area contributed by atoms with Gasteiger partial charge in [-0.25, -0.2) is 13.0 Å². The molecule has 0 aliphatic heterocycles. The van der Waals surface area contributed by atoms with Crippen LogP contribution in [-0.4, -0.2) is 18.7 Å². The smallest absolute Gasteiger partial charge is 0.264 e. The van der Waals surface area contributed by atoms with E-state index in [1.54, 1.807) is 24.3 Å². The Hall–Kier alpha value is -3.19. The van der Waals surface area contributed by atoms with Crippen LogP contribution in [0, 0.1) is 0 Å². The second kappa shape index (κ2) is 6.61. The molecule has 0 aliphatic rings. The first kappa shape index (κ1) is 16.3. The minimum Gasteiger partial charge on any atom is -0.279 e. The van der Waals surface area contributed by atoms with Crippen molar-refractivity contribution in [3.63, 3.8) is 0 Å². The number of para-hydroxylation sites is 1. The van der Waals surface area contributed by atoms with Gasteiger partial charge in [-0.2, -0.15) is 0 Å². The number of hydrogen-bond acceptors (Lipinski definition) is 5. The molecular weight excluding hydrogens is 350 g/mol. The summed E-state index contributed by atoms with van der Waals surface area (Å²) in [5.41, 5.74) is 3.12. The third-order valence-corrected chi connectivity index (χ3v) is 5.43. The van der Waals surface area contributed by atoms with Crippen molar-refractivity contribution in [2.24, 2.45) is 0 Å². The number of fused-ring (bicyclic) bond motifs is 1. The summed E-state index contributed by atoms with van der Waals surface area (Å²) in [6.45, 7) is 0. The normalized spacial score (nSPS) is 11.5. The number of nitrogens with zero attached hydrogens (tertiary/aromatic N) is 2. The average Bonchev–Trinajstić information content (AvgIpc) is 3.12. The Morgan fingerprint density at radius 2 is 1.62 bits per heavy atom. The van der Waals surface area contributed by atoms with Gasteiger partial charge in [0, 0.05) is 0 Å². The van der Waals surface area contributed by atoms with Gasteiger partial charge in [-0.3, -0.25) is 4.72 Å². The maximum absolute atomic E-state index is 12.9. The number of anilines is 1. The highest BCUT2D eigenvalue weighted by Crippen LogP contribution is 2.25. The molecule has 0 unspecified atom stereocenters. The van der Waals surface area contributed by atoms with Crippen molar-refractivity contribution >= 4 is 26.7 Å². The summed E-state index contributed by atoms with van der Waals surface area (Å²) >= 11 is 0. The zero-order chi connectivity index (χ0) is 18.0. The Kier molecular flexibility index (Phi) is 4.14. The van der Waals surface area contributed by atoms with Crippen LogP contribution in [0.5, 0.6) is 0 Å². The Bertz CT molecular complexity index is 1150. The number of rotatable bonds is 5. The minimum absolute atomic E-state index is 0.0331. The minimum atomic E-state index is -3.84. The Morgan fingerprint density at radius 1 is 0.846 bits per heavy atom. The molecule has 0 radical (unpaired) electrons. The van der Waals surface area contributed by atoms with Crippen molar-refractivity contribution < 1.29 is 13.0 Å². The number of nitrogens with one attached hydrogen (secondary N) is 1. The summed E-state index contributed by atoms with van der Waals surface area (Å²) in [7, 11) is -3.84. The monoisotopic (exact) mass is 365 g/mol. The number of benzene rings is 3. The maximum Gasteiger partial charge on any atom is 0.264 e. The highest BCUT2D eigenvalue weighted by Gasteiger charge is 2.21. The van der Waals surface area contributed by atoms with Gasteiger partial charge in [0.1, 0.15) is 10.4 Å². The summed E-state index contributed by atoms with van der Waals surface area (Å²) in [5, 5.41) is 7.41. The summed E-state index contributed by atoms with van der Waals surface area (Å²) < 4.78 is 33.1. The SMILES string of the molecule is O=S(=O)(Nc1ccccc1Cc1ccccc1)c1cccc2nonc12. The Labute approximate surface area is 150 Å². The fourth-order valence-electron chi connectivity index (χ4n) is 2.79. The van der Waals surface area contributed by atoms with Gasteiger partial charge in [0.2, 0.25) is 0 Å². The first-order valence-corrected chi connectivity index (χ1v) is 9.48. The highest BCUT2D eigenvalue weighted by molar-refractivity contribution is 7.93. The summed E-state index contributed by atoms with van der Waals surface area (Å²) in [6.07, 6.45) is 0.620. The molecule has 0 bridgehead atoms. The van der Waals surface area contributed by atoms with Crippen LogP contribution < -0.4 is 4.72 Å². The third kappa shape index (κ3) is 3.16. The van der Waals surface area contributed by atoms with Gasteiger partial charge in [0.15, 0.2) is 5.52 Å². The van der Waals surface area contributed by atoms with Crippen LogP contribution >= 0.6 is 0 Å². The van der Waals surface area contributed by atoms with E-state index in [4.69, 9.17) is 0 Å². The molecule has 26 heavy (non-hydrogen) atoms. The van der Waals surface area contributed by atoms with E-state index in [0.29, 0.717) is 17.6 Å². The van der Waals surface area contributed by atoms with E-state index >= 15 is 0 Å². The van der Waals surface area contributed by atoms with E-state index in [2.05, 4.69) is 19.7 Å². The summed E-state index contributed by atoms with van der Waals surface area (Å²) in [6, 6.07) is 22.0. The molecule has 0 amide bonds. The highest BCUT2D eigenvalue weighted by atomic mass is 32.2. The Balaban J connectivity index is 1.70. The average molecular weight is 365 g/mol. The predicted molar refractivity (Wildman–Crippen MR) is 98.3 cm³/mol. The molecule has 0 saturated carbocycles. The molecule has 130 valence electrons. The van der Waals surface area contributed by atoms with Crippen molar-refractivity contribution in [2.45, 2.75) is 11.3 Å². The molecule has 7 heteroatoms. The maximum atomic E-state index is 12.9. The van der Waals surface area contributed by atoms with Crippen LogP contribution in [-0.2, 0) is 16.4 Å². The van der Waals surface area contributed by atoms with Gasteiger partial charge in [-0.05, 0) is 46.1 Å².